The van der Waals surface area contributed by atoms with Gasteiger partial charge in [0.15, 0.2) is 11.0 Å². The summed E-state index contributed by atoms with van der Waals surface area (Å²) in [6, 6.07) is 18.6. The number of hydrogen-bond acceptors (Lipinski definition) is 4. The first kappa shape index (κ1) is 22.1. The number of amides is 1. The van der Waals surface area contributed by atoms with Gasteiger partial charge >= 0.3 is 0 Å². The van der Waals surface area contributed by atoms with E-state index in [0.29, 0.717) is 11.8 Å². The van der Waals surface area contributed by atoms with E-state index in [-0.39, 0.29) is 11.9 Å². The van der Waals surface area contributed by atoms with Gasteiger partial charge in [-0.3, -0.25) is 9.36 Å². The predicted molar refractivity (Wildman–Crippen MR) is 129 cm³/mol. The lowest BCUT2D eigenvalue weighted by Gasteiger charge is -2.25. The molecule has 0 bridgehead atoms. The van der Waals surface area contributed by atoms with Gasteiger partial charge < -0.3 is 5.32 Å². The number of hydrogen-bond donors (Lipinski definition) is 1. The highest BCUT2D eigenvalue weighted by Crippen LogP contribution is 2.35. The molecule has 1 atom stereocenters. The summed E-state index contributed by atoms with van der Waals surface area (Å²) >= 11 is 4.98. The van der Waals surface area contributed by atoms with Gasteiger partial charge in [0.1, 0.15) is 0 Å². The number of halogens is 1. The normalized spacial score (nSPS) is 15.5. The van der Waals surface area contributed by atoms with Crippen LogP contribution in [0.25, 0.3) is 11.4 Å². The highest BCUT2D eigenvalue weighted by Gasteiger charge is 2.24. The Morgan fingerprint density at radius 3 is 2.52 bits per heavy atom. The number of aromatic nitrogens is 3. The molecule has 31 heavy (non-hydrogen) atoms. The lowest BCUT2D eigenvalue weighted by molar-refractivity contribution is -0.119. The minimum Gasteiger partial charge on any atom is -0.349 e. The molecule has 162 valence electrons. The van der Waals surface area contributed by atoms with Crippen molar-refractivity contribution in [3.05, 3.63) is 64.6 Å². The standard InChI is InChI=1S/C24H27BrN4OS/c1-17(18-8-4-2-5-9-18)26-22(30)16-31-24-28-27-23(19-12-14-20(25)15-13-19)29(24)21-10-6-3-7-11-21/h2,4-5,8-9,12-15,17,21H,3,6-7,10-11,16H2,1H3,(H,26,30)/t17-/m0/s1. The summed E-state index contributed by atoms with van der Waals surface area (Å²) in [4.78, 5) is 12.6. The molecule has 3 aromatic rings. The second-order valence-corrected chi connectivity index (χ2v) is 9.82. The summed E-state index contributed by atoms with van der Waals surface area (Å²) in [5.41, 5.74) is 2.15. The lowest BCUT2D eigenvalue weighted by Crippen LogP contribution is -2.28. The number of carbonyl (C=O) groups is 1. The maximum Gasteiger partial charge on any atom is 0.230 e. The first-order valence-corrected chi connectivity index (χ1v) is 12.6. The highest BCUT2D eigenvalue weighted by molar-refractivity contribution is 9.10. The summed E-state index contributed by atoms with van der Waals surface area (Å²) in [6.45, 7) is 2.01. The number of carbonyl (C=O) groups excluding carboxylic acids is 1. The van der Waals surface area contributed by atoms with Gasteiger partial charge in [0.2, 0.25) is 5.91 Å². The van der Waals surface area contributed by atoms with Gasteiger partial charge in [-0.2, -0.15) is 0 Å². The van der Waals surface area contributed by atoms with Crippen LogP contribution in [0.5, 0.6) is 0 Å². The first-order chi connectivity index (χ1) is 15.1. The van der Waals surface area contributed by atoms with Gasteiger partial charge in [-0.15, -0.1) is 10.2 Å². The summed E-state index contributed by atoms with van der Waals surface area (Å²) in [5.74, 6) is 1.22. The molecule has 5 nitrogen and oxygen atoms in total. The van der Waals surface area contributed by atoms with Crippen LogP contribution in [0.1, 0.15) is 56.7 Å². The molecule has 0 saturated heterocycles. The quantitative estimate of drug-likeness (QED) is 0.395. The van der Waals surface area contributed by atoms with Crippen molar-refractivity contribution in [3.63, 3.8) is 0 Å². The molecule has 0 unspecified atom stereocenters. The Morgan fingerprint density at radius 2 is 1.81 bits per heavy atom. The zero-order chi connectivity index (χ0) is 21.6. The number of nitrogens with one attached hydrogen (secondary N) is 1. The van der Waals surface area contributed by atoms with Crippen LogP contribution in [0.3, 0.4) is 0 Å². The minimum atomic E-state index is -0.0242. The van der Waals surface area contributed by atoms with Crippen LogP contribution < -0.4 is 5.32 Å². The number of nitrogens with zero attached hydrogens (tertiary/aromatic N) is 3. The third-order valence-electron chi connectivity index (χ3n) is 5.72. The highest BCUT2D eigenvalue weighted by atomic mass is 79.9. The van der Waals surface area contributed by atoms with E-state index in [0.717, 1.165) is 39.4 Å². The van der Waals surface area contributed by atoms with Crippen molar-refractivity contribution >= 4 is 33.6 Å². The smallest absolute Gasteiger partial charge is 0.230 e. The molecular weight excluding hydrogens is 472 g/mol. The van der Waals surface area contributed by atoms with E-state index in [1.54, 1.807) is 0 Å². The Kier molecular flexibility index (Phi) is 7.45. The van der Waals surface area contributed by atoms with Gasteiger partial charge in [-0.25, -0.2) is 0 Å². The van der Waals surface area contributed by atoms with Crippen molar-refractivity contribution < 1.29 is 4.79 Å². The molecule has 7 heteroatoms. The van der Waals surface area contributed by atoms with Crippen LogP contribution in [0.2, 0.25) is 0 Å². The SMILES string of the molecule is C[C@H](NC(=O)CSc1nnc(-c2ccc(Br)cc2)n1C1CCCCC1)c1ccccc1. The molecule has 1 aromatic heterocycles. The van der Waals surface area contributed by atoms with Gasteiger partial charge in [0.05, 0.1) is 11.8 Å². The molecular formula is C24H27BrN4OS. The maximum absolute atomic E-state index is 12.6. The van der Waals surface area contributed by atoms with Crippen LogP contribution in [0.15, 0.2) is 64.2 Å². The molecule has 4 rings (SSSR count). The van der Waals surface area contributed by atoms with E-state index >= 15 is 0 Å². The third-order valence-corrected chi connectivity index (χ3v) is 7.19. The van der Waals surface area contributed by atoms with E-state index in [2.05, 4.69) is 48.1 Å². The van der Waals surface area contributed by atoms with Gasteiger partial charge in [0, 0.05) is 16.1 Å². The van der Waals surface area contributed by atoms with Crippen molar-refractivity contribution in [2.75, 3.05) is 5.75 Å². The average Bonchev–Trinajstić information content (AvgIpc) is 3.23. The van der Waals surface area contributed by atoms with E-state index in [4.69, 9.17) is 0 Å². The lowest BCUT2D eigenvalue weighted by atomic mass is 9.95. The maximum atomic E-state index is 12.6. The Bertz CT molecular complexity index is 1000. The monoisotopic (exact) mass is 498 g/mol. The Hall–Kier alpha value is -2.12. The van der Waals surface area contributed by atoms with Crippen LogP contribution in [0.4, 0.5) is 0 Å². The molecule has 1 aliphatic carbocycles. The van der Waals surface area contributed by atoms with Crippen molar-refractivity contribution in [2.45, 2.75) is 56.3 Å². The van der Waals surface area contributed by atoms with E-state index in [9.17, 15) is 4.79 Å². The van der Waals surface area contributed by atoms with E-state index in [1.165, 1.54) is 31.0 Å². The summed E-state index contributed by atoms with van der Waals surface area (Å²) in [7, 11) is 0. The average molecular weight is 499 g/mol. The first-order valence-electron chi connectivity index (χ1n) is 10.8. The summed E-state index contributed by atoms with van der Waals surface area (Å²) < 4.78 is 3.31. The Morgan fingerprint density at radius 1 is 1.10 bits per heavy atom. The molecule has 0 spiro atoms. The fraction of sp³-hybridized carbons (Fsp3) is 0.375. The second-order valence-electron chi connectivity index (χ2n) is 7.96. The minimum absolute atomic E-state index is 0.00439. The van der Waals surface area contributed by atoms with Gasteiger partial charge in [0.25, 0.3) is 0 Å². The molecule has 1 heterocycles. The molecule has 0 aliphatic heterocycles. The van der Waals surface area contributed by atoms with Crippen molar-refractivity contribution in [3.8, 4) is 11.4 Å². The fourth-order valence-electron chi connectivity index (χ4n) is 4.08. The summed E-state index contributed by atoms with van der Waals surface area (Å²) in [5, 5.41) is 12.9. The zero-order valence-corrected chi connectivity index (χ0v) is 20.0. The topological polar surface area (TPSA) is 59.8 Å². The van der Waals surface area contributed by atoms with E-state index < -0.39 is 0 Å². The molecule has 1 N–H and O–H groups in total. The van der Waals surface area contributed by atoms with Crippen molar-refractivity contribution in [1.82, 2.24) is 20.1 Å². The van der Waals surface area contributed by atoms with Crippen LogP contribution >= 0.6 is 27.7 Å². The Balaban J connectivity index is 1.49. The van der Waals surface area contributed by atoms with Crippen molar-refractivity contribution in [1.29, 1.82) is 0 Å². The molecule has 1 fully saturated rings. The molecule has 1 saturated carbocycles. The molecule has 0 radical (unpaired) electrons. The third kappa shape index (κ3) is 5.57. The van der Waals surface area contributed by atoms with Crippen LogP contribution in [0, 0.1) is 0 Å². The Labute approximate surface area is 196 Å². The van der Waals surface area contributed by atoms with Crippen LogP contribution in [-0.4, -0.2) is 26.4 Å². The number of benzene rings is 2. The number of thioether (sulfide) groups is 1. The van der Waals surface area contributed by atoms with Crippen LogP contribution in [-0.2, 0) is 4.79 Å². The molecule has 2 aromatic carbocycles. The second kappa shape index (κ2) is 10.5. The molecule has 1 amide bonds. The van der Waals surface area contributed by atoms with Gasteiger partial charge in [-0.05, 0) is 37.5 Å². The number of rotatable bonds is 7. The zero-order valence-electron chi connectivity index (χ0n) is 17.6. The summed E-state index contributed by atoms with van der Waals surface area (Å²) in [6.07, 6.45) is 6.00. The van der Waals surface area contributed by atoms with E-state index in [1.807, 2.05) is 49.4 Å². The fourth-order valence-corrected chi connectivity index (χ4v) is 5.16. The predicted octanol–water partition coefficient (Wildman–Crippen LogP) is 6.18. The molecule has 1 aliphatic rings. The van der Waals surface area contributed by atoms with Gasteiger partial charge in [-0.1, -0.05) is 89.4 Å². The van der Waals surface area contributed by atoms with Crippen molar-refractivity contribution in [2.24, 2.45) is 0 Å². The largest absolute Gasteiger partial charge is 0.349 e.